The molecule has 3 aromatic carbocycles. The molecule has 1 aliphatic heterocycles. The SMILES string of the molecule is CCC(C)C(C(=O)Nc1cc(OC)ccc1OC)N1C(=O)c2ccccc2C1c1c(C)n(C)c2ccccc12. The zero-order valence-corrected chi connectivity index (χ0v) is 23.3. The van der Waals surface area contributed by atoms with Crippen LogP contribution < -0.4 is 14.8 Å². The van der Waals surface area contributed by atoms with Gasteiger partial charge in [0.1, 0.15) is 17.5 Å². The van der Waals surface area contributed by atoms with E-state index >= 15 is 0 Å². The van der Waals surface area contributed by atoms with E-state index in [9.17, 15) is 9.59 Å². The van der Waals surface area contributed by atoms with Crippen LogP contribution in [0.1, 0.15) is 53.5 Å². The second-order valence-electron chi connectivity index (χ2n) is 10.2. The van der Waals surface area contributed by atoms with E-state index in [2.05, 4.69) is 28.9 Å². The number of carbonyl (C=O) groups is 2. The topological polar surface area (TPSA) is 72.8 Å². The average Bonchev–Trinajstić information content (AvgIpc) is 3.38. The van der Waals surface area contributed by atoms with E-state index in [0.29, 0.717) is 29.2 Å². The van der Waals surface area contributed by atoms with Gasteiger partial charge in [-0.2, -0.15) is 0 Å². The number of carbonyl (C=O) groups excluding carboxylic acids is 2. The lowest BCUT2D eigenvalue weighted by atomic mass is 9.91. The fraction of sp³-hybridized carbons (Fsp3) is 0.312. The van der Waals surface area contributed by atoms with E-state index in [0.717, 1.165) is 27.7 Å². The first-order valence-corrected chi connectivity index (χ1v) is 13.3. The molecule has 3 unspecified atom stereocenters. The van der Waals surface area contributed by atoms with Crippen LogP contribution in [0.5, 0.6) is 11.5 Å². The van der Waals surface area contributed by atoms with E-state index in [1.165, 1.54) is 0 Å². The van der Waals surface area contributed by atoms with Crippen LogP contribution in [0, 0.1) is 12.8 Å². The van der Waals surface area contributed by atoms with Gasteiger partial charge in [0.25, 0.3) is 5.91 Å². The van der Waals surface area contributed by atoms with Gasteiger partial charge in [0.2, 0.25) is 5.91 Å². The summed E-state index contributed by atoms with van der Waals surface area (Å²) in [5.41, 5.74) is 5.25. The third-order valence-electron chi connectivity index (χ3n) is 8.14. The number of aromatic nitrogens is 1. The molecule has 3 atom stereocenters. The summed E-state index contributed by atoms with van der Waals surface area (Å²) in [6, 6.07) is 20.1. The predicted octanol–water partition coefficient (Wildman–Crippen LogP) is 6.10. The molecule has 39 heavy (non-hydrogen) atoms. The van der Waals surface area contributed by atoms with Crippen molar-refractivity contribution in [3.8, 4) is 11.5 Å². The Hall–Kier alpha value is -4.26. The molecule has 4 aromatic rings. The quantitative estimate of drug-likeness (QED) is 0.302. The molecule has 2 heterocycles. The van der Waals surface area contributed by atoms with Gasteiger partial charge in [0.15, 0.2) is 0 Å². The third kappa shape index (κ3) is 4.32. The highest BCUT2D eigenvalue weighted by molar-refractivity contribution is 6.06. The van der Waals surface area contributed by atoms with Crippen LogP contribution in [0.4, 0.5) is 5.69 Å². The molecular formula is C32H35N3O4. The number of nitrogens with zero attached hydrogens (tertiary/aromatic N) is 2. The minimum Gasteiger partial charge on any atom is -0.497 e. The zero-order valence-electron chi connectivity index (χ0n) is 23.3. The van der Waals surface area contributed by atoms with Gasteiger partial charge in [-0.15, -0.1) is 0 Å². The van der Waals surface area contributed by atoms with Crippen molar-refractivity contribution in [1.29, 1.82) is 0 Å². The summed E-state index contributed by atoms with van der Waals surface area (Å²) in [5.74, 6) is 0.600. The number of hydrogen-bond donors (Lipinski definition) is 1. The van der Waals surface area contributed by atoms with E-state index in [4.69, 9.17) is 9.47 Å². The molecule has 2 amide bonds. The lowest BCUT2D eigenvalue weighted by Gasteiger charge is -2.36. The number of nitrogens with one attached hydrogen (secondary N) is 1. The summed E-state index contributed by atoms with van der Waals surface area (Å²) in [7, 11) is 5.18. The molecule has 5 rings (SSSR count). The summed E-state index contributed by atoms with van der Waals surface area (Å²) in [5, 5.41) is 4.14. The van der Waals surface area contributed by atoms with Crippen LogP contribution in [0.2, 0.25) is 0 Å². The molecule has 202 valence electrons. The lowest BCUT2D eigenvalue weighted by molar-refractivity contribution is -0.122. The molecule has 0 aliphatic carbocycles. The maximum atomic E-state index is 14.2. The zero-order chi connectivity index (χ0) is 27.8. The number of amides is 2. The summed E-state index contributed by atoms with van der Waals surface area (Å²) < 4.78 is 13.1. The Morgan fingerprint density at radius 2 is 1.74 bits per heavy atom. The highest BCUT2D eigenvalue weighted by atomic mass is 16.5. The number of aryl methyl sites for hydroxylation is 1. The Morgan fingerprint density at radius 1 is 1.03 bits per heavy atom. The first-order valence-electron chi connectivity index (χ1n) is 13.3. The molecule has 0 spiro atoms. The van der Waals surface area contributed by atoms with Gasteiger partial charge in [0.05, 0.1) is 25.9 Å². The first kappa shape index (κ1) is 26.4. The van der Waals surface area contributed by atoms with Crippen molar-refractivity contribution in [2.24, 2.45) is 13.0 Å². The Kier molecular flexibility index (Phi) is 7.08. The van der Waals surface area contributed by atoms with E-state index in [-0.39, 0.29) is 17.7 Å². The lowest BCUT2D eigenvalue weighted by Crippen LogP contribution is -2.50. The fourth-order valence-electron chi connectivity index (χ4n) is 5.81. The molecule has 1 N–H and O–H groups in total. The summed E-state index contributed by atoms with van der Waals surface area (Å²) in [6.07, 6.45) is 0.717. The van der Waals surface area contributed by atoms with Gasteiger partial charge in [-0.3, -0.25) is 9.59 Å². The number of fused-ring (bicyclic) bond motifs is 2. The van der Waals surface area contributed by atoms with Crippen molar-refractivity contribution < 1.29 is 19.1 Å². The second-order valence-corrected chi connectivity index (χ2v) is 10.2. The monoisotopic (exact) mass is 525 g/mol. The average molecular weight is 526 g/mol. The van der Waals surface area contributed by atoms with Crippen LogP contribution in [0.25, 0.3) is 10.9 Å². The van der Waals surface area contributed by atoms with Crippen molar-refractivity contribution in [1.82, 2.24) is 9.47 Å². The minimum absolute atomic E-state index is 0.113. The molecule has 7 heteroatoms. The van der Waals surface area contributed by atoms with Gasteiger partial charge in [-0.05, 0) is 42.7 Å². The Labute approximate surface area is 229 Å². The Balaban J connectivity index is 1.67. The number of anilines is 1. The number of rotatable bonds is 8. The van der Waals surface area contributed by atoms with Crippen LogP contribution in [0.15, 0.2) is 66.7 Å². The van der Waals surface area contributed by atoms with Crippen LogP contribution in [0.3, 0.4) is 0 Å². The second kappa shape index (κ2) is 10.5. The van der Waals surface area contributed by atoms with Gasteiger partial charge >= 0.3 is 0 Å². The van der Waals surface area contributed by atoms with Gasteiger partial charge in [-0.25, -0.2) is 0 Å². The maximum absolute atomic E-state index is 14.2. The normalized spacial score (nSPS) is 16.2. The first-order chi connectivity index (χ1) is 18.8. The molecular weight excluding hydrogens is 490 g/mol. The number of methoxy groups -OCH3 is 2. The van der Waals surface area contributed by atoms with Crippen molar-refractivity contribution in [3.05, 3.63) is 89.1 Å². The molecule has 7 nitrogen and oxygen atoms in total. The Bertz CT molecular complexity index is 1560. The summed E-state index contributed by atoms with van der Waals surface area (Å²) in [6.45, 7) is 6.15. The van der Waals surface area contributed by atoms with Crippen molar-refractivity contribution in [3.63, 3.8) is 0 Å². The van der Waals surface area contributed by atoms with Gasteiger partial charge < -0.3 is 24.3 Å². The largest absolute Gasteiger partial charge is 0.497 e. The van der Waals surface area contributed by atoms with E-state index in [1.54, 1.807) is 37.3 Å². The minimum atomic E-state index is -0.728. The van der Waals surface area contributed by atoms with Gasteiger partial charge in [0, 0.05) is 40.8 Å². The standard InChI is InChI=1S/C32H35N3O4/c1-7-19(2)29(31(36)33-25-18-21(38-5)16-17-27(25)39-6)35-30(22-12-8-9-13-23(22)32(35)37)28-20(3)34(4)26-15-11-10-14-24(26)28/h8-19,29-30H,7H2,1-6H3,(H,33,36). The number of para-hydroxylation sites is 1. The smallest absolute Gasteiger partial charge is 0.255 e. The molecule has 0 saturated heterocycles. The van der Waals surface area contributed by atoms with Crippen LogP contribution >= 0.6 is 0 Å². The number of ether oxygens (including phenoxy) is 2. The van der Waals surface area contributed by atoms with Crippen molar-refractivity contribution >= 4 is 28.4 Å². The van der Waals surface area contributed by atoms with Crippen LogP contribution in [-0.4, -0.2) is 41.5 Å². The highest BCUT2D eigenvalue weighted by Gasteiger charge is 2.47. The fourth-order valence-corrected chi connectivity index (χ4v) is 5.81. The number of benzene rings is 3. The van der Waals surface area contributed by atoms with Gasteiger partial charge in [-0.1, -0.05) is 56.7 Å². The third-order valence-corrected chi connectivity index (χ3v) is 8.14. The van der Waals surface area contributed by atoms with E-state index in [1.807, 2.05) is 57.3 Å². The maximum Gasteiger partial charge on any atom is 0.255 e. The summed E-state index contributed by atoms with van der Waals surface area (Å²) >= 11 is 0. The molecule has 0 fully saturated rings. The predicted molar refractivity (Wildman–Crippen MR) is 154 cm³/mol. The highest BCUT2D eigenvalue weighted by Crippen LogP contribution is 2.45. The summed E-state index contributed by atoms with van der Waals surface area (Å²) in [4.78, 5) is 30.2. The molecule has 0 saturated carbocycles. The molecule has 0 radical (unpaired) electrons. The number of hydrogen-bond acceptors (Lipinski definition) is 4. The molecule has 0 bridgehead atoms. The molecule has 1 aromatic heterocycles. The van der Waals surface area contributed by atoms with E-state index < -0.39 is 12.1 Å². The van der Waals surface area contributed by atoms with Crippen LogP contribution in [-0.2, 0) is 11.8 Å². The molecule has 1 aliphatic rings. The van der Waals surface area contributed by atoms with Crippen molar-refractivity contribution in [2.45, 2.75) is 39.3 Å². The van der Waals surface area contributed by atoms with Crippen molar-refractivity contribution in [2.75, 3.05) is 19.5 Å². The Morgan fingerprint density at radius 3 is 2.46 bits per heavy atom.